The highest BCUT2D eigenvalue weighted by Gasteiger charge is 2.22. The molecule has 0 fully saturated rings. The van der Waals surface area contributed by atoms with E-state index in [-0.39, 0.29) is 19.3 Å². The molecule has 15 heavy (non-hydrogen) atoms. The summed E-state index contributed by atoms with van der Waals surface area (Å²) in [6, 6.07) is 8.55. The highest BCUT2D eigenvalue weighted by molar-refractivity contribution is 5.33. The Kier molecular flexibility index (Phi) is 3.36. The molecule has 1 aromatic rings. The van der Waals surface area contributed by atoms with Gasteiger partial charge in [0, 0.05) is 6.04 Å². The number of fused-ring (bicyclic) bond motifs is 1. The largest absolute Gasteiger partial charge is 0.395 e. The van der Waals surface area contributed by atoms with Crippen LogP contribution in [-0.2, 0) is 12.8 Å². The molecule has 3 nitrogen and oxygen atoms in total. The Morgan fingerprint density at radius 3 is 2.13 bits per heavy atom. The third-order valence-corrected chi connectivity index (χ3v) is 2.96. The predicted molar refractivity (Wildman–Crippen MR) is 58.7 cm³/mol. The minimum Gasteiger partial charge on any atom is -0.395 e. The molecule has 82 valence electrons. The standard InChI is InChI=1S/C12H17NO2/c14-7-12(8-15)13-11-5-9-3-1-2-4-10(9)6-11/h1-4,11-15H,5-8H2. The first-order valence-electron chi connectivity index (χ1n) is 5.38. The van der Waals surface area contributed by atoms with Crippen molar-refractivity contribution in [3.05, 3.63) is 35.4 Å². The molecule has 1 aliphatic rings. The zero-order valence-electron chi connectivity index (χ0n) is 8.69. The average molecular weight is 207 g/mol. The molecule has 1 aliphatic carbocycles. The van der Waals surface area contributed by atoms with Crippen LogP contribution < -0.4 is 5.32 Å². The smallest absolute Gasteiger partial charge is 0.0607 e. The molecule has 2 rings (SSSR count). The Morgan fingerprint density at radius 1 is 1.13 bits per heavy atom. The maximum Gasteiger partial charge on any atom is 0.0607 e. The lowest BCUT2D eigenvalue weighted by Crippen LogP contribution is -2.43. The number of benzene rings is 1. The molecule has 0 spiro atoms. The number of aliphatic hydroxyl groups excluding tert-OH is 2. The predicted octanol–water partition coefficient (Wildman–Crippen LogP) is 0.0966. The Hall–Kier alpha value is -0.900. The number of hydrogen-bond donors (Lipinski definition) is 3. The minimum atomic E-state index is -0.190. The Labute approximate surface area is 89.8 Å². The summed E-state index contributed by atoms with van der Waals surface area (Å²) < 4.78 is 0. The highest BCUT2D eigenvalue weighted by Crippen LogP contribution is 2.21. The zero-order valence-corrected chi connectivity index (χ0v) is 8.69. The van der Waals surface area contributed by atoms with Crippen molar-refractivity contribution in [1.29, 1.82) is 0 Å². The quantitative estimate of drug-likeness (QED) is 0.656. The summed E-state index contributed by atoms with van der Waals surface area (Å²) in [6.07, 6.45) is 1.99. The SMILES string of the molecule is OCC(CO)NC1Cc2ccccc2C1. The topological polar surface area (TPSA) is 52.5 Å². The van der Waals surface area contributed by atoms with E-state index >= 15 is 0 Å². The van der Waals surface area contributed by atoms with Crippen molar-refractivity contribution in [3.8, 4) is 0 Å². The van der Waals surface area contributed by atoms with Crippen LogP contribution in [0.15, 0.2) is 24.3 Å². The molecule has 0 bridgehead atoms. The molecule has 0 saturated carbocycles. The fourth-order valence-corrected chi connectivity index (χ4v) is 2.17. The van der Waals surface area contributed by atoms with E-state index in [0.29, 0.717) is 6.04 Å². The molecule has 3 N–H and O–H groups in total. The molecular formula is C12H17NO2. The summed E-state index contributed by atoms with van der Waals surface area (Å²) in [4.78, 5) is 0. The van der Waals surface area contributed by atoms with Gasteiger partial charge in [-0.15, -0.1) is 0 Å². The van der Waals surface area contributed by atoms with Gasteiger partial charge in [-0.2, -0.15) is 0 Å². The molecule has 0 aromatic heterocycles. The summed E-state index contributed by atoms with van der Waals surface area (Å²) in [5.41, 5.74) is 2.76. The molecular weight excluding hydrogens is 190 g/mol. The summed E-state index contributed by atoms with van der Waals surface area (Å²) in [5, 5.41) is 21.2. The first-order chi connectivity index (χ1) is 7.33. The number of hydrogen-bond acceptors (Lipinski definition) is 3. The minimum absolute atomic E-state index is 0.0106. The van der Waals surface area contributed by atoms with Gasteiger partial charge in [0.25, 0.3) is 0 Å². The number of nitrogens with one attached hydrogen (secondary N) is 1. The molecule has 1 aromatic carbocycles. The average Bonchev–Trinajstić information content (AvgIpc) is 2.68. The second-order valence-electron chi connectivity index (χ2n) is 4.10. The van der Waals surface area contributed by atoms with Crippen LogP contribution in [0.3, 0.4) is 0 Å². The lowest BCUT2D eigenvalue weighted by molar-refractivity contribution is 0.162. The van der Waals surface area contributed by atoms with E-state index in [9.17, 15) is 0 Å². The normalized spacial score (nSPS) is 15.9. The highest BCUT2D eigenvalue weighted by atomic mass is 16.3. The van der Waals surface area contributed by atoms with Crippen molar-refractivity contribution in [1.82, 2.24) is 5.32 Å². The molecule has 0 amide bonds. The Balaban J connectivity index is 1.95. The third kappa shape index (κ3) is 2.37. The third-order valence-electron chi connectivity index (χ3n) is 2.96. The zero-order chi connectivity index (χ0) is 10.7. The monoisotopic (exact) mass is 207 g/mol. The fraction of sp³-hybridized carbons (Fsp3) is 0.500. The van der Waals surface area contributed by atoms with Gasteiger partial charge in [0.1, 0.15) is 0 Å². The van der Waals surface area contributed by atoms with Crippen LogP contribution in [0.4, 0.5) is 0 Å². The molecule has 3 heteroatoms. The van der Waals surface area contributed by atoms with E-state index in [2.05, 4.69) is 29.6 Å². The van der Waals surface area contributed by atoms with Crippen LogP contribution in [0.2, 0.25) is 0 Å². The van der Waals surface area contributed by atoms with E-state index < -0.39 is 0 Å². The van der Waals surface area contributed by atoms with E-state index in [0.717, 1.165) is 12.8 Å². The van der Waals surface area contributed by atoms with Crippen molar-refractivity contribution in [2.24, 2.45) is 0 Å². The lowest BCUT2D eigenvalue weighted by atomic mass is 10.1. The molecule has 0 unspecified atom stereocenters. The van der Waals surface area contributed by atoms with E-state index in [1.807, 2.05) is 0 Å². The van der Waals surface area contributed by atoms with Crippen molar-refractivity contribution < 1.29 is 10.2 Å². The van der Waals surface area contributed by atoms with Gasteiger partial charge in [-0.25, -0.2) is 0 Å². The number of aliphatic hydroxyl groups is 2. The first-order valence-corrected chi connectivity index (χ1v) is 5.38. The lowest BCUT2D eigenvalue weighted by Gasteiger charge is -2.18. The van der Waals surface area contributed by atoms with Crippen molar-refractivity contribution in [2.75, 3.05) is 13.2 Å². The molecule has 0 heterocycles. The van der Waals surface area contributed by atoms with E-state index in [1.165, 1.54) is 11.1 Å². The van der Waals surface area contributed by atoms with Crippen LogP contribution >= 0.6 is 0 Å². The van der Waals surface area contributed by atoms with Gasteiger partial charge in [0.15, 0.2) is 0 Å². The first kappa shape index (κ1) is 10.6. The second-order valence-corrected chi connectivity index (χ2v) is 4.10. The summed E-state index contributed by atoms with van der Waals surface area (Å²) in [6.45, 7) is -0.0211. The summed E-state index contributed by atoms with van der Waals surface area (Å²) in [7, 11) is 0. The van der Waals surface area contributed by atoms with Gasteiger partial charge in [0.2, 0.25) is 0 Å². The van der Waals surface area contributed by atoms with Gasteiger partial charge < -0.3 is 15.5 Å². The van der Waals surface area contributed by atoms with Gasteiger partial charge in [-0.05, 0) is 24.0 Å². The van der Waals surface area contributed by atoms with Crippen LogP contribution in [0.25, 0.3) is 0 Å². The van der Waals surface area contributed by atoms with Gasteiger partial charge in [-0.3, -0.25) is 0 Å². The maximum absolute atomic E-state index is 8.98. The van der Waals surface area contributed by atoms with Crippen molar-refractivity contribution in [3.63, 3.8) is 0 Å². The molecule has 0 saturated heterocycles. The maximum atomic E-state index is 8.98. The van der Waals surface area contributed by atoms with Gasteiger partial charge in [-0.1, -0.05) is 24.3 Å². The molecule has 0 atom stereocenters. The van der Waals surface area contributed by atoms with Crippen LogP contribution in [0, 0.1) is 0 Å². The number of rotatable bonds is 4. The van der Waals surface area contributed by atoms with Gasteiger partial charge in [0.05, 0.1) is 19.3 Å². The fourth-order valence-electron chi connectivity index (χ4n) is 2.17. The van der Waals surface area contributed by atoms with E-state index in [4.69, 9.17) is 10.2 Å². The van der Waals surface area contributed by atoms with Crippen molar-refractivity contribution >= 4 is 0 Å². The second kappa shape index (κ2) is 4.75. The van der Waals surface area contributed by atoms with Crippen molar-refractivity contribution in [2.45, 2.75) is 24.9 Å². The van der Waals surface area contributed by atoms with E-state index in [1.54, 1.807) is 0 Å². The molecule has 0 radical (unpaired) electrons. The van der Waals surface area contributed by atoms with Crippen LogP contribution in [0.5, 0.6) is 0 Å². The Bertz CT molecular complexity index is 298. The molecule has 0 aliphatic heterocycles. The Morgan fingerprint density at radius 2 is 1.67 bits per heavy atom. The van der Waals surface area contributed by atoms with Gasteiger partial charge >= 0.3 is 0 Å². The summed E-state index contributed by atoms with van der Waals surface area (Å²) in [5.74, 6) is 0. The van der Waals surface area contributed by atoms with Crippen LogP contribution in [0.1, 0.15) is 11.1 Å². The van der Waals surface area contributed by atoms with Crippen LogP contribution in [-0.4, -0.2) is 35.5 Å². The summed E-state index contributed by atoms with van der Waals surface area (Å²) >= 11 is 0.